The molecule has 0 aliphatic carbocycles. The van der Waals surface area contributed by atoms with Gasteiger partial charge in [-0.15, -0.1) is 0 Å². The maximum Gasteiger partial charge on any atom is 0.303 e. The molecule has 2 fully saturated rings. The summed E-state index contributed by atoms with van der Waals surface area (Å²) in [6.07, 6.45) is 14.8. The third kappa shape index (κ3) is 18.2. The molecule has 0 saturated carbocycles. The maximum atomic E-state index is 13.1. The maximum absolute atomic E-state index is 13.1. The van der Waals surface area contributed by atoms with Crippen molar-refractivity contribution in [2.45, 2.75) is 102 Å². The van der Waals surface area contributed by atoms with Gasteiger partial charge in [0.25, 0.3) is 0 Å². The number of sulfonamides is 2. The second-order valence-corrected chi connectivity index (χ2v) is 23.2. The van der Waals surface area contributed by atoms with Crippen molar-refractivity contribution in [2.24, 2.45) is 11.8 Å². The zero-order valence-corrected chi connectivity index (χ0v) is 46.6. The number of carboxylic acids is 1. The van der Waals surface area contributed by atoms with Crippen molar-refractivity contribution in [3.8, 4) is 11.5 Å². The van der Waals surface area contributed by atoms with Gasteiger partial charge in [-0.25, -0.2) is 25.4 Å². The molecule has 0 atom stereocenters. The van der Waals surface area contributed by atoms with Crippen molar-refractivity contribution < 1.29 is 41.0 Å². The Bertz CT molecular complexity index is 2510. The van der Waals surface area contributed by atoms with Gasteiger partial charge >= 0.3 is 5.97 Å². The molecule has 404 valence electrons. The highest BCUT2D eigenvalue weighted by molar-refractivity contribution is 7.89. The number of carbonyl (C=O) groups excluding carboxylic acids is 1. The van der Waals surface area contributed by atoms with Gasteiger partial charge in [-0.3, -0.25) is 19.6 Å². The minimum absolute atomic E-state index is 0.0501. The van der Waals surface area contributed by atoms with Gasteiger partial charge in [-0.2, -0.15) is 0 Å². The monoisotopic (exact) mass is 1050 g/mol. The van der Waals surface area contributed by atoms with Gasteiger partial charge in [0.15, 0.2) is 0 Å². The van der Waals surface area contributed by atoms with Crippen LogP contribution in [-0.4, -0.2) is 152 Å². The Morgan fingerprint density at radius 1 is 0.630 bits per heavy atom. The summed E-state index contributed by atoms with van der Waals surface area (Å²) in [6, 6.07) is 15.1. The number of unbranched alkanes of at least 4 members (excludes halogenated alkanes) is 2. The zero-order chi connectivity index (χ0) is 53.7. The molecule has 2 aliphatic heterocycles. The number of pyridine rings is 2. The van der Waals surface area contributed by atoms with Crippen LogP contribution in [-0.2, 0) is 29.6 Å². The predicted octanol–water partition coefficient (Wildman–Crippen LogP) is 7.58. The SMILES string of the molecule is CNCC1CCN(c2ccncc2)CC1.COc1cc(C)c(S(=O)(=O)N(C)CCCCC(=O)N(C)CC2CCN(c3ccncc3)CC2)c(C)c1.COc1cc(C)c(S(=O)(=O)N(C)CCCCC(=O)O)c(C)c1. The average Bonchev–Trinajstić information content (AvgIpc) is 3.37. The van der Waals surface area contributed by atoms with E-state index in [2.05, 4.69) is 37.2 Å². The second-order valence-electron chi connectivity index (χ2n) is 19.2. The Morgan fingerprint density at radius 3 is 1.36 bits per heavy atom. The van der Waals surface area contributed by atoms with E-state index < -0.39 is 26.0 Å². The highest BCUT2D eigenvalue weighted by Crippen LogP contribution is 2.30. The summed E-state index contributed by atoms with van der Waals surface area (Å²) in [7, 11) is 2.93. The molecule has 19 heteroatoms. The van der Waals surface area contributed by atoms with Crippen LogP contribution in [0.4, 0.5) is 11.4 Å². The van der Waals surface area contributed by atoms with Gasteiger partial charge in [0.2, 0.25) is 26.0 Å². The normalized spacial score (nSPS) is 14.5. The lowest BCUT2D eigenvalue weighted by Crippen LogP contribution is -2.39. The van der Waals surface area contributed by atoms with Crippen LogP contribution < -0.4 is 24.6 Å². The first kappa shape index (κ1) is 60.2. The number of nitrogens with one attached hydrogen (secondary N) is 1. The van der Waals surface area contributed by atoms with Crippen molar-refractivity contribution in [1.29, 1.82) is 0 Å². The molecular weight excluding hydrogens is 969 g/mol. The second kappa shape index (κ2) is 29.5. The fraction of sp³-hybridized carbons (Fsp3) is 0.556. The standard InChI is InChI=1S/C27H40N4O4S.C15H23NO5S.C12H19N3/c1-21-18-25(35-5)19-22(2)27(21)36(33,34)30(4)15-7-6-8-26(32)29(3)20-23-11-16-31(17-12-23)24-9-13-28-14-10-24;1-11-9-13(21-4)10-12(2)15(11)22(19,20)16(3)8-6-5-7-14(17)18;1-13-10-11-4-8-15(9-5-11)12-2-6-14-7-3-12/h9-10,13-14,18-19,23H,6-8,11-12,15-17,20H2,1-5H3;9-10H,5-8H2,1-4H3,(H,17,18);2-3,6-7,11,13H,4-5,8-10H2,1H3. The van der Waals surface area contributed by atoms with Crippen LogP contribution in [0.3, 0.4) is 0 Å². The number of rotatable bonds is 22. The number of piperidine rings is 2. The lowest BCUT2D eigenvalue weighted by Gasteiger charge is -2.35. The summed E-state index contributed by atoms with van der Waals surface area (Å²) in [5.41, 5.74) is 5.12. The molecular formula is C54H82N8O9S2. The van der Waals surface area contributed by atoms with Crippen LogP contribution in [0.15, 0.2) is 83.1 Å². The molecule has 2 aromatic carbocycles. The molecule has 4 heterocycles. The van der Waals surface area contributed by atoms with Gasteiger partial charge in [0, 0.05) is 116 Å². The van der Waals surface area contributed by atoms with E-state index >= 15 is 0 Å². The molecule has 73 heavy (non-hydrogen) atoms. The minimum atomic E-state index is -3.61. The summed E-state index contributed by atoms with van der Waals surface area (Å²) in [5.74, 6) is 1.88. The topological polar surface area (TPSA) is 195 Å². The molecule has 2 aromatic heterocycles. The number of aromatic nitrogens is 2. The molecule has 17 nitrogen and oxygen atoms in total. The van der Waals surface area contributed by atoms with E-state index in [1.165, 1.54) is 60.1 Å². The molecule has 0 unspecified atom stereocenters. The molecule has 2 aliphatic rings. The number of aryl methyl sites for hydroxylation is 4. The zero-order valence-electron chi connectivity index (χ0n) is 45.0. The minimum Gasteiger partial charge on any atom is -0.497 e. The fourth-order valence-corrected chi connectivity index (χ4v) is 12.7. The number of methoxy groups -OCH3 is 2. The van der Waals surface area contributed by atoms with Gasteiger partial charge in [-0.1, -0.05) is 0 Å². The summed E-state index contributed by atoms with van der Waals surface area (Å²) in [6.45, 7) is 14.0. The van der Waals surface area contributed by atoms with Crippen molar-refractivity contribution in [3.63, 3.8) is 0 Å². The van der Waals surface area contributed by atoms with Crippen LogP contribution in [0.1, 0.15) is 86.5 Å². The van der Waals surface area contributed by atoms with Crippen molar-refractivity contribution in [2.75, 3.05) is 105 Å². The number of anilines is 2. The summed E-state index contributed by atoms with van der Waals surface area (Å²) in [5, 5.41) is 11.9. The third-order valence-electron chi connectivity index (χ3n) is 13.6. The molecule has 6 rings (SSSR count). The number of amides is 1. The van der Waals surface area contributed by atoms with E-state index in [9.17, 15) is 26.4 Å². The third-order valence-corrected chi connectivity index (χ3v) is 18.0. The lowest BCUT2D eigenvalue weighted by molar-refractivity contribution is -0.137. The Morgan fingerprint density at radius 2 is 1.00 bits per heavy atom. The van der Waals surface area contributed by atoms with E-state index in [0.717, 1.165) is 44.9 Å². The van der Waals surface area contributed by atoms with E-state index in [-0.39, 0.29) is 17.2 Å². The van der Waals surface area contributed by atoms with Gasteiger partial charge in [0.05, 0.1) is 24.0 Å². The van der Waals surface area contributed by atoms with Gasteiger partial charge in [0.1, 0.15) is 11.5 Å². The van der Waals surface area contributed by atoms with Crippen molar-refractivity contribution >= 4 is 43.3 Å². The molecule has 0 spiro atoms. The number of nitrogens with zero attached hydrogens (tertiary/aromatic N) is 7. The molecule has 0 bridgehead atoms. The van der Waals surface area contributed by atoms with Gasteiger partial charge in [-0.05, 0) is 175 Å². The number of carbonyl (C=O) groups is 2. The first-order chi connectivity index (χ1) is 34.7. The van der Waals surface area contributed by atoms with Crippen LogP contribution in [0, 0.1) is 39.5 Å². The van der Waals surface area contributed by atoms with Gasteiger partial charge < -0.3 is 34.6 Å². The van der Waals surface area contributed by atoms with E-state index in [1.807, 2.05) is 55.9 Å². The fourth-order valence-electron chi connectivity index (χ4n) is 9.49. The lowest BCUT2D eigenvalue weighted by atomic mass is 9.96. The number of hydrogen-bond donors (Lipinski definition) is 2. The first-order valence-electron chi connectivity index (χ1n) is 25.4. The summed E-state index contributed by atoms with van der Waals surface area (Å²) >= 11 is 0. The number of benzene rings is 2. The van der Waals surface area contributed by atoms with E-state index in [1.54, 1.807) is 66.1 Å². The van der Waals surface area contributed by atoms with Crippen molar-refractivity contribution in [3.05, 3.63) is 95.6 Å². The Balaban J connectivity index is 0.000000264. The van der Waals surface area contributed by atoms with Crippen LogP contribution in [0.2, 0.25) is 0 Å². The molecule has 1 amide bonds. The quantitative estimate of drug-likeness (QED) is 0.0732. The molecule has 4 aromatic rings. The number of aliphatic carboxylic acids is 1. The predicted molar refractivity (Wildman–Crippen MR) is 290 cm³/mol. The molecule has 2 saturated heterocycles. The summed E-state index contributed by atoms with van der Waals surface area (Å²) < 4.78 is 64.7. The Hall–Kier alpha value is -5.34. The average molecular weight is 1050 g/mol. The van der Waals surface area contributed by atoms with E-state index in [0.29, 0.717) is 89.8 Å². The number of hydrogen-bond acceptors (Lipinski definition) is 13. The Kier molecular flexibility index (Phi) is 24.4. The van der Waals surface area contributed by atoms with E-state index in [4.69, 9.17) is 14.6 Å². The highest BCUT2D eigenvalue weighted by Gasteiger charge is 2.28. The first-order valence-corrected chi connectivity index (χ1v) is 28.2. The largest absolute Gasteiger partial charge is 0.497 e. The molecule has 0 radical (unpaired) electrons. The highest BCUT2D eigenvalue weighted by atomic mass is 32.2. The Labute approximate surface area is 436 Å². The van der Waals surface area contributed by atoms with Crippen LogP contribution in [0.25, 0.3) is 0 Å². The van der Waals surface area contributed by atoms with Crippen LogP contribution >= 0.6 is 0 Å². The molecule has 2 N–H and O–H groups in total. The number of carboxylic acid groups (broad SMARTS) is 1. The number of ether oxygens (including phenoxy) is 2. The smallest absolute Gasteiger partial charge is 0.303 e. The van der Waals surface area contributed by atoms with Crippen molar-refractivity contribution in [1.82, 2.24) is 28.8 Å². The summed E-state index contributed by atoms with van der Waals surface area (Å²) in [4.78, 5) is 38.6. The van der Waals surface area contributed by atoms with Crippen LogP contribution in [0.5, 0.6) is 11.5 Å².